The van der Waals surface area contributed by atoms with E-state index in [0.717, 1.165) is 62.4 Å². The Morgan fingerprint density at radius 3 is 2.42 bits per heavy atom. The molecule has 6 nitrogen and oxygen atoms in total. The Hall–Kier alpha value is -2.73. The van der Waals surface area contributed by atoms with Crippen molar-refractivity contribution in [1.82, 2.24) is 9.80 Å². The molecular weight excluding hydrogens is 416 g/mol. The summed E-state index contributed by atoms with van der Waals surface area (Å²) in [6.45, 7) is 4.84. The van der Waals surface area contributed by atoms with Crippen molar-refractivity contribution in [1.29, 1.82) is 0 Å². The van der Waals surface area contributed by atoms with E-state index in [1.807, 2.05) is 29.2 Å². The highest BCUT2D eigenvalue weighted by Crippen LogP contribution is 2.33. The van der Waals surface area contributed by atoms with Gasteiger partial charge >= 0.3 is 0 Å². The van der Waals surface area contributed by atoms with Crippen LogP contribution in [-0.4, -0.2) is 69.8 Å². The summed E-state index contributed by atoms with van der Waals surface area (Å²) in [5.41, 5.74) is 3.14. The van der Waals surface area contributed by atoms with E-state index >= 15 is 0 Å². The summed E-state index contributed by atoms with van der Waals surface area (Å²) in [7, 11) is 4.94. The van der Waals surface area contributed by atoms with Crippen molar-refractivity contribution in [3.05, 3.63) is 53.1 Å². The second-order valence-electron chi connectivity index (χ2n) is 9.13. The molecule has 0 aromatic heterocycles. The van der Waals surface area contributed by atoms with Gasteiger partial charge in [-0.25, -0.2) is 0 Å². The molecule has 4 rings (SSSR count). The molecule has 0 N–H and O–H groups in total. The highest BCUT2D eigenvalue weighted by molar-refractivity contribution is 5.97. The first-order valence-electron chi connectivity index (χ1n) is 12.0. The zero-order chi connectivity index (χ0) is 23.2. The van der Waals surface area contributed by atoms with Crippen molar-refractivity contribution in [2.45, 2.75) is 32.1 Å². The summed E-state index contributed by atoms with van der Waals surface area (Å²) in [6.07, 6.45) is 5.53. The fourth-order valence-corrected chi connectivity index (χ4v) is 5.09. The highest BCUT2D eigenvalue weighted by Gasteiger charge is 2.29. The first-order valence-corrected chi connectivity index (χ1v) is 12.0. The van der Waals surface area contributed by atoms with Gasteiger partial charge in [0.15, 0.2) is 11.5 Å². The van der Waals surface area contributed by atoms with E-state index in [1.165, 1.54) is 24.8 Å². The lowest BCUT2D eigenvalue weighted by atomic mass is 9.95. The summed E-state index contributed by atoms with van der Waals surface area (Å²) in [6, 6.07) is 12.2. The van der Waals surface area contributed by atoms with E-state index in [1.54, 1.807) is 21.3 Å². The summed E-state index contributed by atoms with van der Waals surface area (Å²) in [5, 5.41) is 0. The van der Waals surface area contributed by atoms with E-state index in [4.69, 9.17) is 14.2 Å². The summed E-state index contributed by atoms with van der Waals surface area (Å²) < 4.78 is 16.1. The van der Waals surface area contributed by atoms with E-state index in [-0.39, 0.29) is 5.91 Å². The maximum absolute atomic E-state index is 13.3. The second-order valence-corrected chi connectivity index (χ2v) is 9.13. The average molecular weight is 453 g/mol. The molecular formula is C27H36N2O4. The summed E-state index contributed by atoms with van der Waals surface area (Å²) in [5.74, 6) is 2.83. The van der Waals surface area contributed by atoms with Crippen LogP contribution in [0.4, 0.5) is 0 Å². The number of carbonyl (C=O) groups excluding carboxylic acids is 1. The number of benzene rings is 2. The van der Waals surface area contributed by atoms with Gasteiger partial charge in [-0.15, -0.1) is 0 Å². The molecule has 178 valence electrons. The third-order valence-electron chi connectivity index (χ3n) is 6.99. The van der Waals surface area contributed by atoms with Gasteiger partial charge in [0.2, 0.25) is 0 Å². The van der Waals surface area contributed by atoms with Crippen molar-refractivity contribution in [2.24, 2.45) is 5.92 Å². The van der Waals surface area contributed by atoms with Crippen molar-refractivity contribution in [3.63, 3.8) is 0 Å². The molecule has 6 heteroatoms. The fourth-order valence-electron chi connectivity index (χ4n) is 5.09. The zero-order valence-electron chi connectivity index (χ0n) is 20.1. The quantitative estimate of drug-likeness (QED) is 0.605. The molecule has 1 atom stereocenters. The van der Waals surface area contributed by atoms with Crippen LogP contribution in [0.2, 0.25) is 0 Å². The fraction of sp³-hybridized carbons (Fsp3) is 0.519. The third-order valence-corrected chi connectivity index (χ3v) is 6.99. The number of rotatable bonds is 8. The zero-order valence-corrected chi connectivity index (χ0v) is 20.1. The molecule has 33 heavy (non-hydrogen) atoms. The molecule has 2 aromatic carbocycles. The van der Waals surface area contributed by atoms with Gasteiger partial charge < -0.3 is 24.0 Å². The van der Waals surface area contributed by atoms with Gasteiger partial charge in [-0.3, -0.25) is 4.79 Å². The molecule has 2 aromatic rings. The standard InChI is InChI=1S/C27H36N2O4/c1-31-23-9-7-20(8-10-23)11-14-28-13-5-4-6-21(18-28)19-29-15-12-22-16-25(32-2)26(33-3)17-24(22)27(29)30/h7-10,16-17,21H,4-6,11-15,18-19H2,1-3H3. The minimum Gasteiger partial charge on any atom is -0.497 e. The number of hydrogen-bond acceptors (Lipinski definition) is 5. The van der Waals surface area contributed by atoms with Crippen LogP contribution in [0.1, 0.15) is 40.7 Å². The number of likely N-dealkylation sites (tertiary alicyclic amines) is 1. The SMILES string of the molecule is COc1ccc(CCN2CCCCC(CN3CCc4cc(OC)c(OC)cc4C3=O)C2)cc1. The van der Waals surface area contributed by atoms with Gasteiger partial charge in [0.25, 0.3) is 5.91 Å². The topological polar surface area (TPSA) is 51.2 Å². The number of ether oxygens (including phenoxy) is 3. The van der Waals surface area contributed by atoms with Crippen LogP contribution in [0.25, 0.3) is 0 Å². The van der Waals surface area contributed by atoms with Crippen LogP contribution in [-0.2, 0) is 12.8 Å². The molecule has 0 aliphatic carbocycles. The predicted octanol–water partition coefficient (Wildman–Crippen LogP) is 4.06. The van der Waals surface area contributed by atoms with Crippen LogP contribution >= 0.6 is 0 Å². The minimum atomic E-state index is 0.117. The molecule has 2 aliphatic rings. The molecule has 2 heterocycles. The van der Waals surface area contributed by atoms with E-state index in [2.05, 4.69) is 17.0 Å². The Kier molecular flexibility index (Phi) is 7.76. The number of carbonyl (C=O) groups is 1. The lowest BCUT2D eigenvalue weighted by Gasteiger charge is -2.33. The first kappa shape index (κ1) is 23.4. The van der Waals surface area contributed by atoms with Crippen molar-refractivity contribution >= 4 is 5.91 Å². The predicted molar refractivity (Wildman–Crippen MR) is 130 cm³/mol. The normalized spacial score (nSPS) is 19.1. The van der Waals surface area contributed by atoms with Gasteiger partial charge in [-0.1, -0.05) is 18.6 Å². The molecule has 1 amide bonds. The van der Waals surface area contributed by atoms with Crippen molar-refractivity contribution in [3.8, 4) is 17.2 Å². The molecule has 1 saturated heterocycles. The van der Waals surface area contributed by atoms with Crippen LogP contribution in [0.5, 0.6) is 17.2 Å². The van der Waals surface area contributed by atoms with Crippen molar-refractivity contribution in [2.75, 3.05) is 54.1 Å². The number of hydrogen-bond donors (Lipinski definition) is 0. The summed E-state index contributed by atoms with van der Waals surface area (Å²) in [4.78, 5) is 17.9. The van der Waals surface area contributed by atoms with Crippen LogP contribution in [0, 0.1) is 5.92 Å². The lowest BCUT2D eigenvalue weighted by molar-refractivity contribution is 0.0695. The smallest absolute Gasteiger partial charge is 0.254 e. The number of methoxy groups -OCH3 is 3. The molecule has 2 aliphatic heterocycles. The second kappa shape index (κ2) is 10.9. The van der Waals surface area contributed by atoms with Gasteiger partial charge in [0.1, 0.15) is 5.75 Å². The molecule has 1 unspecified atom stereocenters. The summed E-state index contributed by atoms with van der Waals surface area (Å²) >= 11 is 0. The average Bonchev–Trinajstić information content (AvgIpc) is 3.09. The van der Waals surface area contributed by atoms with E-state index in [9.17, 15) is 4.79 Å². The van der Waals surface area contributed by atoms with E-state index < -0.39 is 0 Å². The Labute approximate surface area is 197 Å². The van der Waals surface area contributed by atoms with Gasteiger partial charge in [0, 0.05) is 31.7 Å². The maximum Gasteiger partial charge on any atom is 0.254 e. The lowest BCUT2D eigenvalue weighted by Crippen LogP contribution is -2.43. The Morgan fingerprint density at radius 2 is 1.70 bits per heavy atom. The number of fused-ring (bicyclic) bond motifs is 1. The van der Waals surface area contributed by atoms with E-state index in [0.29, 0.717) is 17.4 Å². The van der Waals surface area contributed by atoms with Gasteiger partial charge in [-0.2, -0.15) is 0 Å². The molecule has 0 saturated carbocycles. The number of amides is 1. The maximum atomic E-state index is 13.3. The largest absolute Gasteiger partial charge is 0.497 e. The highest BCUT2D eigenvalue weighted by atomic mass is 16.5. The van der Waals surface area contributed by atoms with Crippen LogP contribution in [0.3, 0.4) is 0 Å². The Morgan fingerprint density at radius 1 is 0.939 bits per heavy atom. The number of nitrogens with zero attached hydrogens (tertiary/aromatic N) is 2. The minimum absolute atomic E-state index is 0.117. The van der Waals surface area contributed by atoms with Gasteiger partial charge in [0.05, 0.1) is 21.3 Å². The molecule has 1 fully saturated rings. The Bertz CT molecular complexity index is 944. The molecule has 0 bridgehead atoms. The van der Waals surface area contributed by atoms with Crippen LogP contribution < -0.4 is 14.2 Å². The monoisotopic (exact) mass is 452 g/mol. The molecule has 0 spiro atoms. The Balaban J connectivity index is 1.37. The van der Waals surface area contributed by atoms with Gasteiger partial charge in [-0.05, 0) is 73.5 Å². The van der Waals surface area contributed by atoms with Crippen molar-refractivity contribution < 1.29 is 19.0 Å². The van der Waals surface area contributed by atoms with Crippen LogP contribution in [0.15, 0.2) is 36.4 Å². The molecule has 0 radical (unpaired) electrons. The third kappa shape index (κ3) is 5.61. The first-order chi connectivity index (χ1) is 16.1.